The van der Waals surface area contributed by atoms with Crippen molar-refractivity contribution in [2.45, 2.75) is 0 Å². The van der Waals surface area contributed by atoms with Gasteiger partial charge in [0.25, 0.3) is 0 Å². The third-order valence-corrected chi connectivity index (χ3v) is 3.61. The van der Waals surface area contributed by atoms with E-state index in [1.54, 1.807) is 60.7 Å². The lowest BCUT2D eigenvalue weighted by atomic mass is 10.2. The Hall–Kier alpha value is -1.90. The topological polar surface area (TPSA) is 63.6 Å². The van der Waals surface area contributed by atoms with Gasteiger partial charge in [-0.25, -0.2) is 4.57 Å². The SMILES string of the molecule is O=C(CP(=O)(O)Oc1ccccc1)c1ccccc1. The minimum absolute atomic E-state index is 0.272. The minimum Gasteiger partial charge on any atom is -0.424 e. The summed E-state index contributed by atoms with van der Waals surface area (Å²) < 4.78 is 16.9. The van der Waals surface area contributed by atoms with Gasteiger partial charge in [-0.1, -0.05) is 48.5 Å². The number of para-hydroxylation sites is 1. The van der Waals surface area contributed by atoms with E-state index in [-0.39, 0.29) is 5.75 Å². The lowest BCUT2D eigenvalue weighted by Crippen LogP contribution is -2.09. The first-order chi connectivity index (χ1) is 9.07. The molecule has 0 radical (unpaired) electrons. The summed E-state index contributed by atoms with van der Waals surface area (Å²) in [6.07, 6.45) is -0.536. The smallest absolute Gasteiger partial charge is 0.384 e. The highest BCUT2D eigenvalue weighted by atomic mass is 31.2. The van der Waals surface area contributed by atoms with Gasteiger partial charge in [-0.15, -0.1) is 0 Å². The first-order valence-electron chi connectivity index (χ1n) is 5.71. The van der Waals surface area contributed by atoms with E-state index in [1.807, 2.05) is 0 Å². The third-order valence-electron chi connectivity index (χ3n) is 2.43. The van der Waals surface area contributed by atoms with E-state index in [2.05, 4.69) is 0 Å². The Morgan fingerprint density at radius 1 is 1.00 bits per heavy atom. The maximum atomic E-state index is 11.9. The number of carbonyl (C=O) groups excluding carboxylic acids is 1. The predicted octanol–water partition coefficient (Wildman–Crippen LogP) is 3.13. The van der Waals surface area contributed by atoms with E-state index in [1.165, 1.54) is 0 Å². The molecule has 5 heteroatoms. The fraction of sp³-hybridized carbons (Fsp3) is 0.0714. The number of hydrogen-bond donors (Lipinski definition) is 1. The number of Topliss-reactive ketones (excluding diaryl/α,β-unsaturated/α-hetero) is 1. The van der Waals surface area contributed by atoms with Gasteiger partial charge >= 0.3 is 7.60 Å². The van der Waals surface area contributed by atoms with Crippen LogP contribution in [0.25, 0.3) is 0 Å². The molecule has 2 aromatic rings. The summed E-state index contributed by atoms with van der Waals surface area (Å²) in [6, 6.07) is 16.7. The second-order valence-electron chi connectivity index (χ2n) is 3.99. The molecule has 1 N–H and O–H groups in total. The van der Waals surface area contributed by atoms with Gasteiger partial charge in [-0.05, 0) is 12.1 Å². The standard InChI is InChI=1S/C14H13O4P/c15-14(12-7-3-1-4-8-12)11-19(16,17)18-13-9-5-2-6-10-13/h1-10H,11H2,(H,16,17). The highest BCUT2D eigenvalue weighted by molar-refractivity contribution is 7.54. The van der Waals surface area contributed by atoms with Crippen LogP contribution in [-0.4, -0.2) is 16.8 Å². The molecule has 19 heavy (non-hydrogen) atoms. The zero-order valence-corrected chi connectivity index (χ0v) is 11.0. The van der Waals surface area contributed by atoms with Crippen molar-refractivity contribution in [1.29, 1.82) is 0 Å². The molecule has 0 spiro atoms. The second kappa shape index (κ2) is 5.83. The van der Waals surface area contributed by atoms with Crippen LogP contribution in [0.15, 0.2) is 60.7 Å². The summed E-state index contributed by atoms with van der Waals surface area (Å²) in [5.74, 6) is -0.142. The molecular formula is C14H13O4P. The van der Waals surface area contributed by atoms with Gasteiger partial charge < -0.3 is 9.42 Å². The van der Waals surface area contributed by atoms with Crippen molar-refractivity contribution in [2.24, 2.45) is 0 Å². The molecule has 2 rings (SSSR count). The molecule has 0 saturated heterocycles. The molecule has 4 nitrogen and oxygen atoms in total. The monoisotopic (exact) mass is 276 g/mol. The molecule has 0 heterocycles. The molecule has 0 bridgehead atoms. The van der Waals surface area contributed by atoms with E-state index >= 15 is 0 Å². The summed E-state index contributed by atoms with van der Waals surface area (Å²) in [5.41, 5.74) is 0.397. The molecular weight excluding hydrogens is 263 g/mol. The maximum absolute atomic E-state index is 11.9. The molecule has 0 saturated carbocycles. The van der Waals surface area contributed by atoms with Crippen LogP contribution in [0.1, 0.15) is 10.4 Å². The molecule has 2 aromatic carbocycles. The van der Waals surface area contributed by atoms with Gasteiger partial charge in [0.2, 0.25) is 0 Å². The van der Waals surface area contributed by atoms with E-state index in [4.69, 9.17) is 4.52 Å². The van der Waals surface area contributed by atoms with Crippen LogP contribution in [0.2, 0.25) is 0 Å². The van der Waals surface area contributed by atoms with E-state index in [0.29, 0.717) is 5.56 Å². The average Bonchev–Trinajstić information content (AvgIpc) is 2.39. The Kier molecular flexibility index (Phi) is 4.15. The molecule has 0 aliphatic carbocycles. The second-order valence-corrected chi connectivity index (χ2v) is 5.76. The Morgan fingerprint density at radius 3 is 2.11 bits per heavy atom. The Labute approximate surface area is 111 Å². The first kappa shape index (κ1) is 13.5. The maximum Gasteiger partial charge on any atom is 0.384 e. The van der Waals surface area contributed by atoms with Crippen LogP contribution < -0.4 is 4.52 Å². The molecule has 0 aliphatic heterocycles. The van der Waals surface area contributed by atoms with Crippen molar-refractivity contribution in [1.82, 2.24) is 0 Å². The summed E-state index contributed by atoms with van der Waals surface area (Å²) >= 11 is 0. The Balaban J connectivity index is 2.06. The van der Waals surface area contributed by atoms with E-state index in [0.717, 1.165) is 0 Å². The number of carbonyl (C=O) groups is 1. The van der Waals surface area contributed by atoms with E-state index in [9.17, 15) is 14.3 Å². The van der Waals surface area contributed by atoms with Crippen molar-refractivity contribution in [3.63, 3.8) is 0 Å². The summed E-state index contributed by atoms with van der Waals surface area (Å²) in [5, 5.41) is 0. The zero-order chi connectivity index (χ0) is 13.7. The summed E-state index contributed by atoms with van der Waals surface area (Å²) in [4.78, 5) is 21.6. The molecule has 0 aromatic heterocycles. The Morgan fingerprint density at radius 2 is 1.53 bits per heavy atom. The minimum atomic E-state index is -3.99. The molecule has 1 atom stereocenters. The van der Waals surface area contributed by atoms with Gasteiger partial charge in [-0.2, -0.15) is 0 Å². The number of hydrogen-bond acceptors (Lipinski definition) is 3. The highest BCUT2D eigenvalue weighted by Crippen LogP contribution is 2.42. The van der Waals surface area contributed by atoms with Crippen molar-refractivity contribution in [2.75, 3.05) is 6.16 Å². The Bertz CT molecular complexity index is 595. The number of ketones is 1. The predicted molar refractivity (Wildman–Crippen MR) is 72.5 cm³/mol. The normalized spacial score (nSPS) is 13.5. The van der Waals surface area contributed by atoms with Crippen molar-refractivity contribution in [3.8, 4) is 5.75 Å². The van der Waals surface area contributed by atoms with Gasteiger partial charge in [0.05, 0.1) is 0 Å². The largest absolute Gasteiger partial charge is 0.424 e. The van der Waals surface area contributed by atoms with Crippen LogP contribution in [0.4, 0.5) is 0 Å². The third kappa shape index (κ3) is 4.05. The van der Waals surface area contributed by atoms with Gasteiger partial charge in [0.1, 0.15) is 11.9 Å². The fourth-order valence-corrected chi connectivity index (χ4v) is 2.64. The highest BCUT2D eigenvalue weighted by Gasteiger charge is 2.26. The van der Waals surface area contributed by atoms with Gasteiger partial charge in [-0.3, -0.25) is 4.79 Å². The molecule has 0 fully saturated rings. The summed E-state index contributed by atoms with van der Waals surface area (Å²) in [7, 11) is -3.99. The zero-order valence-electron chi connectivity index (χ0n) is 10.1. The molecule has 98 valence electrons. The van der Waals surface area contributed by atoms with Crippen LogP contribution in [0, 0.1) is 0 Å². The van der Waals surface area contributed by atoms with Crippen LogP contribution in [-0.2, 0) is 4.57 Å². The number of rotatable bonds is 5. The summed E-state index contributed by atoms with van der Waals surface area (Å²) in [6.45, 7) is 0. The van der Waals surface area contributed by atoms with Crippen LogP contribution >= 0.6 is 7.60 Å². The van der Waals surface area contributed by atoms with E-state index < -0.39 is 19.5 Å². The molecule has 1 unspecified atom stereocenters. The molecule has 0 aliphatic rings. The lowest BCUT2D eigenvalue weighted by Gasteiger charge is -2.12. The molecule has 0 amide bonds. The van der Waals surface area contributed by atoms with Gasteiger partial charge in [0, 0.05) is 5.56 Å². The van der Waals surface area contributed by atoms with Crippen molar-refractivity contribution in [3.05, 3.63) is 66.2 Å². The average molecular weight is 276 g/mol. The fourth-order valence-electron chi connectivity index (χ4n) is 1.58. The quantitative estimate of drug-likeness (QED) is 0.673. The van der Waals surface area contributed by atoms with Crippen molar-refractivity contribution >= 4 is 13.4 Å². The number of benzene rings is 2. The van der Waals surface area contributed by atoms with Crippen molar-refractivity contribution < 1.29 is 18.8 Å². The lowest BCUT2D eigenvalue weighted by molar-refractivity contribution is 0.101. The first-order valence-corrected chi connectivity index (χ1v) is 7.48. The van der Waals surface area contributed by atoms with Gasteiger partial charge in [0.15, 0.2) is 5.78 Å². The van der Waals surface area contributed by atoms with Crippen LogP contribution in [0.5, 0.6) is 5.75 Å². The van der Waals surface area contributed by atoms with Crippen LogP contribution in [0.3, 0.4) is 0 Å².